The number of anilines is 1. The third-order valence-electron chi connectivity index (χ3n) is 2.89. The zero-order chi connectivity index (χ0) is 13.3. The summed E-state index contributed by atoms with van der Waals surface area (Å²) < 4.78 is 1.06. The van der Waals surface area contributed by atoms with E-state index < -0.39 is 5.97 Å². The summed E-state index contributed by atoms with van der Waals surface area (Å²) in [5, 5.41) is 9.31. The fourth-order valence-electron chi connectivity index (χ4n) is 2.19. The van der Waals surface area contributed by atoms with Crippen LogP contribution in [0.25, 0.3) is 0 Å². The lowest BCUT2D eigenvalue weighted by Crippen LogP contribution is -2.35. The van der Waals surface area contributed by atoms with Crippen LogP contribution in [0.15, 0.2) is 21.5 Å². The number of carboxylic acids is 1. The average molecular weight is 330 g/mol. The molecule has 2 rings (SSSR count). The number of rotatable bonds is 3. The molecule has 0 radical (unpaired) electrons. The van der Waals surface area contributed by atoms with Crippen LogP contribution in [-0.4, -0.2) is 29.4 Å². The minimum atomic E-state index is -0.745. The number of benzene rings is 1. The van der Waals surface area contributed by atoms with Gasteiger partial charge in [0.15, 0.2) is 0 Å². The molecule has 0 bridgehead atoms. The molecule has 0 saturated carbocycles. The van der Waals surface area contributed by atoms with Gasteiger partial charge in [-0.25, -0.2) is 0 Å². The van der Waals surface area contributed by atoms with E-state index in [-0.39, 0.29) is 6.42 Å². The van der Waals surface area contributed by atoms with Gasteiger partial charge in [-0.1, -0.05) is 6.92 Å². The first-order valence-corrected chi connectivity index (χ1v) is 7.58. The molecule has 1 aliphatic rings. The van der Waals surface area contributed by atoms with Crippen LogP contribution in [0.2, 0.25) is 0 Å². The van der Waals surface area contributed by atoms with E-state index in [0.29, 0.717) is 11.8 Å². The number of fused-ring (bicyclic) bond motifs is 1. The number of carbonyl (C=O) groups is 1. The van der Waals surface area contributed by atoms with Gasteiger partial charge in [-0.2, -0.15) is 0 Å². The van der Waals surface area contributed by atoms with Gasteiger partial charge >= 0.3 is 5.97 Å². The number of aryl methyl sites for hydroxylation is 1. The second kappa shape index (κ2) is 5.53. The molecule has 1 aromatic carbocycles. The summed E-state index contributed by atoms with van der Waals surface area (Å²) in [4.78, 5) is 14.1. The molecular formula is C13H16BrNO2S. The molecule has 98 valence electrons. The van der Waals surface area contributed by atoms with Crippen molar-refractivity contribution < 1.29 is 9.90 Å². The first-order chi connectivity index (χ1) is 8.47. The molecule has 0 aliphatic carbocycles. The Morgan fingerprint density at radius 2 is 2.33 bits per heavy atom. The van der Waals surface area contributed by atoms with Gasteiger partial charge in [0.1, 0.15) is 0 Å². The van der Waals surface area contributed by atoms with Gasteiger partial charge in [0, 0.05) is 27.7 Å². The normalized spacial score (nSPS) is 18.6. The van der Waals surface area contributed by atoms with Crippen molar-refractivity contribution in [3.05, 3.63) is 22.2 Å². The summed E-state index contributed by atoms with van der Waals surface area (Å²) in [6.45, 7) is 5.71. The van der Waals surface area contributed by atoms with Crippen LogP contribution in [0.5, 0.6) is 0 Å². The minimum absolute atomic E-state index is 0.178. The Labute approximate surface area is 120 Å². The van der Waals surface area contributed by atoms with Crippen molar-refractivity contribution >= 4 is 39.3 Å². The molecule has 0 saturated heterocycles. The predicted octanol–water partition coefficient (Wildman–Crippen LogP) is 3.53. The third kappa shape index (κ3) is 3.01. The highest BCUT2D eigenvalue weighted by Gasteiger charge is 2.25. The number of halogens is 1. The molecule has 0 spiro atoms. The summed E-state index contributed by atoms with van der Waals surface area (Å²) in [7, 11) is 0. The van der Waals surface area contributed by atoms with Gasteiger partial charge in [0.2, 0.25) is 0 Å². The third-order valence-corrected chi connectivity index (χ3v) is 4.61. The van der Waals surface area contributed by atoms with E-state index in [4.69, 9.17) is 5.11 Å². The second-order valence-electron chi connectivity index (χ2n) is 4.61. The highest BCUT2D eigenvalue weighted by Crippen LogP contribution is 2.43. The summed E-state index contributed by atoms with van der Waals surface area (Å²) in [5.41, 5.74) is 2.37. The molecule has 1 unspecified atom stereocenters. The van der Waals surface area contributed by atoms with Gasteiger partial charge in [-0.05, 0) is 40.5 Å². The van der Waals surface area contributed by atoms with Crippen LogP contribution in [0.1, 0.15) is 18.9 Å². The molecule has 1 N–H and O–H groups in total. The predicted molar refractivity (Wildman–Crippen MR) is 78.7 cm³/mol. The second-order valence-corrected chi connectivity index (χ2v) is 6.95. The number of carboxylic acid groups (broad SMARTS) is 1. The summed E-state index contributed by atoms with van der Waals surface area (Å²) in [5.74, 6) is -0.745. The first-order valence-electron chi connectivity index (χ1n) is 5.91. The number of nitrogens with zero attached hydrogens (tertiary/aromatic N) is 1. The van der Waals surface area contributed by atoms with E-state index in [1.54, 1.807) is 0 Å². The van der Waals surface area contributed by atoms with Crippen molar-refractivity contribution in [2.75, 3.05) is 18.0 Å². The summed E-state index contributed by atoms with van der Waals surface area (Å²) in [6.07, 6.45) is 0.178. The fourth-order valence-corrected chi connectivity index (χ4v) is 4.44. The van der Waals surface area contributed by atoms with Crippen LogP contribution < -0.4 is 4.90 Å². The Balaban J connectivity index is 2.32. The van der Waals surface area contributed by atoms with E-state index in [9.17, 15) is 4.79 Å². The van der Waals surface area contributed by atoms with Crippen molar-refractivity contribution in [1.82, 2.24) is 0 Å². The molecule has 1 heterocycles. The van der Waals surface area contributed by atoms with Crippen LogP contribution in [0.3, 0.4) is 0 Å². The van der Waals surface area contributed by atoms with Gasteiger partial charge in [-0.3, -0.25) is 4.79 Å². The summed E-state index contributed by atoms with van der Waals surface area (Å²) >= 11 is 5.46. The quantitative estimate of drug-likeness (QED) is 0.920. The van der Waals surface area contributed by atoms with E-state index >= 15 is 0 Å². The molecule has 1 atom stereocenters. The molecule has 3 nitrogen and oxygen atoms in total. The first kappa shape index (κ1) is 13.7. The zero-order valence-electron chi connectivity index (χ0n) is 10.4. The molecule has 1 aliphatic heterocycles. The van der Waals surface area contributed by atoms with Crippen LogP contribution in [0, 0.1) is 6.92 Å². The average Bonchev–Trinajstić information content (AvgIpc) is 2.24. The fraction of sp³-hybridized carbons (Fsp3) is 0.462. The van der Waals surface area contributed by atoms with E-state index in [0.717, 1.165) is 16.7 Å². The molecule has 1 aromatic rings. The topological polar surface area (TPSA) is 40.5 Å². The highest BCUT2D eigenvalue weighted by atomic mass is 79.9. The van der Waals surface area contributed by atoms with Crippen molar-refractivity contribution in [1.29, 1.82) is 0 Å². The van der Waals surface area contributed by atoms with E-state index in [2.05, 4.69) is 46.8 Å². The van der Waals surface area contributed by atoms with Crippen molar-refractivity contribution in [3.63, 3.8) is 0 Å². The van der Waals surface area contributed by atoms with Crippen LogP contribution in [-0.2, 0) is 4.79 Å². The lowest BCUT2D eigenvalue weighted by Gasteiger charge is -2.35. The van der Waals surface area contributed by atoms with E-state index in [1.807, 2.05) is 11.8 Å². The Hall–Kier alpha value is -0.680. The zero-order valence-corrected chi connectivity index (χ0v) is 12.8. The van der Waals surface area contributed by atoms with Crippen molar-refractivity contribution in [3.8, 4) is 0 Å². The maximum absolute atomic E-state index is 10.7. The monoisotopic (exact) mass is 329 g/mol. The Morgan fingerprint density at radius 3 is 3.00 bits per heavy atom. The number of hydrogen-bond acceptors (Lipinski definition) is 3. The number of hydrogen-bond donors (Lipinski definition) is 1. The highest BCUT2D eigenvalue weighted by molar-refractivity contribution is 9.10. The Bertz CT molecular complexity index is 478. The Kier molecular flexibility index (Phi) is 4.22. The molecule has 0 aromatic heterocycles. The lowest BCUT2D eigenvalue weighted by atomic mass is 10.2. The van der Waals surface area contributed by atoms with Crippen LogP contribution >= 0.6 is 27.7 Å². The van der Waals surface area contributed by atoms with Gasteiger partial charge in [0.25, 0.3) is 0 Å². The standard InChI is InChI=1S/C13H16BrNO2S/c1-8-5-10(14)13-11(6-8)18-9(2)7-15(13)4-3-12(16)17/h5-6,9H,3-4,7H2,1-2H3,(H,16,17). The molecule has 5 heteroatoms. The number of aliphatic carboxylic acids is 1. The maximum Gasteiger partial charge on any atom is 0.305 e. The van der Waals surface area contributed by atoms with Gasteiger partial charge in [0.05, 0.1) is 12.1 Å². The Morgan fingerprint density at radius 1 is 1.61 bits per heavy atom. The minimum Gasteiger partial charge on any atom is -0.481 e. The van der Waals surface area contributed by atoms with Gasteiger partial charge in [-0.15, -0.1) is 11.8 Å². The van der Waals surface area contributed by atoms with Crippen molar-refractivity contribution in [2.45, 2.75) is 30.4 Å². The summed E-state index contributed by atoms with van der Waals surface area (Å²) in [6, 6.07) is 4.26. The molecule has 18 heavy (non-hydrogen) atoms. The van der Waals surface area contributed by atoms with Crippen molar-refractivity contribution in [2.24, 2.45) is 0 Å². The lowest BCUT2D eigenvalue weighted by molar-refractivity contribution is -0.136. The molecule has 0 amide bonds. The van der Waals surface area contributed by atoms with Crippen LogP contribution in [0.4, 0.5) is 5.69 Å². The largest absolute Gasteiger partial charge is 0.481 e. The maximum atomic E-state index is 10.7. The molecule has 0 fully saturated rings. The number of thioether (sulfide) groups is 1. The smallest absolute Gasteiger partial charge is 0.305 e. The SMILES string of the molecule is Cc1cc(Br)c2c(c1)SC(C)CN2CCC(=O)O. The van der Waals surface area contributed by atoms with E-state index in [1.165, 1.54) is 10.5 Å². The molecular weight excluding hydrogens is 314 g/mol. The van der Waals surface area contributed by atoms with Gasteiger partial charge < -0.3 is 10.0 Å².